The van der Waals surface area contributed by atoms with Gasteiger partial charge in [-0.2, -0.15) is 5.10 Å². The summed E-state index contributed by atoms with van der Waals surface area (Å²) < 4.78 is 7.24. The summed E-state index contributed by atoms with van der Waals surface area (Å²) in [7, 11) is 0.360. The van der Waals surface area contributed by atoms with E-state index < -0.39 is 7.12 Å². The number of rotatable bonds is 6. The molecule has 0 atom stereocenters. The fraction of sp³-hybridized carbons (Fsp3) is 0.273. The van der Waals surface area contributed by atoms with Crippen molar-refractivity contribution in [2.75, 3.05) is 12.4 Å². The Morgan fingerprint density at radius 3 is 2.95 bits per heavy atom. The van der Waals surface area contributed by atoms with E-state index in [1.807, 2.05) is 7.05 Å². The van der Waals surface area contributed by atoms with Gasteiger partial charge in [0.1, 0.15) is 12.1 Å². The first kappa shape index (κ1) is 13.9. The molecule has 1 aromatic heterocycles. The highest BCUT2D eigenvalue weighted by molar-refractivity contribution is 7.99. The van der Waals surface area contributed by atoms with Gasteiger partial charge in [0, 0.05) is 12.8 Å². The lowest BCUT2D eigenvalue weighted by molar-refractivity contribution is 0.343. The van der Waals surface area contributed by atoms with Crippen molar-refractivity contribution in [1.82, 2.24) is 14.8 Å². The van der Waals surface area contributed by atoms with Crippen molar-refractivity contribution in [3.8, 4) is 5.75 Å². The van der Waals surface area contributed by atoms with Gasteiger partial charge in [0.2, 0.25) is 0 Å². The average Bonchev–Trinajstić information content (AvgIpc) is 2.81. The summed E-state index contributed by atoms with van der Waals surface area (Å²) in [6, 6.07) is 6.74. The second-order valence-electron chi connectivity index (χ2n) is 3.81. The molecule has 2 aromatic rings. The van der Waals surface area contributed by atoms with Crippen LogP contribution in [-0.4, -0.2) is 44.3 Å². The molecule has 0 unspecified atom stereocenters. The minimum atomic E-state index is -1.48. The molecule has 0 spiro atoms. The number of aromatic nitrogens is 3. The fourth-order valence-electron chi connectivity index (χ4n) is 1.47. The zero-order valence-electron chi connectivity index (χ0n) is 10.4. The van der Waals surface area contributed by atoms with Gasteiger partial charge in [-0.1, -0.05) is 23.9 Å². The molecule has 1 heterocycles. The van der Waals surface area contributed by atoms with Gasteiger partial charge >= 0.3 is 7.12 Å². The van der Waals surface area contributed by atoms with Crippen LogP contribution in [0.25, 0.3) is 0 Å². The highest BCUT2D eigenvalue weighted by Crippen LogP contribution is 2.14. The molecule has 0 aliphatic rings. The van der Waals surface area contributed by atoms with Crippen molar-refractivity contribution >= 4 is 24.3 Å². The Bertz CT molecular complexity index is 535. The number of hydrogen-bond acceptors (Lipinski definition) is 6. The molecule has 0 radical (unpaired) electrons. The maximum atomic E-state index is 9.05. The third-order valence-corrected chi connectivity index (χ3v) is 3.41. The summed E-state index contributed by atoms with van der Waals surface area (Å²) in [5, 5.41) is 22.9. The van der Waals surface area contributed by atoms with Crippen LogP contribution < -0.4 is 10.2 Å². The average molecular weight is 279 g/mol. The SMILES string of the molecule is Cn1ncnc1SCCOc1cccc(B(O)O)c1. The number of thioether (sulfide) groups is 1. The summed E-state index contributed by atoms with van der Waals surface area (Å²) in [6.07, 6.45) is 1.51. The first-order valence-corrected chi connectivity index (χ1v) is 6.71. The molecule has 0 aliphatic heterocycles. The second-order valence-corrected chi connectivity index (χ2v) is 4.87. The topological polar surface area (TPSA) is 80.4 Å². The lowest BCUT2D eigenvalue weighted by Gasteiger charge is -2.07. The fourth-order valence-corrected chi connectivity index (χ4v) is 2.18. The second kappa shape index (κ2) is 6.60. The van der Waals surface area contributed by atoms with Crippen molar-refractivity contribution in [1.29, 1.82) is 0 Å². The standard InChI is InChI=1S/C11H14BN3O3S/c1-15-11(13-8-14-15)19-6-5-18-10-4-2-3-9(7-10)12(16)17/h2-4,7-8,16-17H,5-6H2,1H3. The first-order valence-electron chi connectivity index (χ1n) is 5.72. The monoisotopic (exact) mass is 279 g/mol. The van der Waals surface area contributed by atoms with Crippen molar-refractivity contribution in [2.24, 2.45) is 7.05 Å². The van der Waals surface area contributed by atoms with Gasteiger partial charge in [-0.3, -0.25) is 0 Å². The molecule has 0 bridgehead atoms. The Kier molecular flexibility index (Phi) is 4.83. The van der Waals surface area contributed by atoms with Crippen LogP contribution in [0, 0.1) is 0 Å². The lowest BCUT2D eigenvalue weighted by atomic mass is 9.80. The van der Waals surface area contributed by atoms with Gasteiger partial charge in [-0.15, -0.1) is 0 Å². The van der Waals surface area contributed by atoms with Crippen LogP contribution in [0.2, 0.25) is 0 Å². The largest absolute Gasteiger partial charge is 0.493 e. The van der Waals surface area contributed by atoms with E-state index in [2.05, 4.69) is 10.1 Å². The Balaban J connectivity index is 1.79. The van der Waals surface area contributed by atoms with Crippen LogP contribution in [0.3, 0.4) is 0 Å². The van der Waals surface area contributed by atoms with E-state index in [1.165, 1.54) is 6.33 Å². The van der Waals surface area contributed by atoms with Gasteiger partial charge < -0.3 is 14.8 Å². The summed E-state index contributed by atoms with van der Waals surface area (Å²) in [6.45, 7) is 0.502. The predicted octanol–water partition coefficient (Wildman–Crippen LogP) is -0.334. The third-order valence-electron chi connectivity index (χ3n) is 2.41. The molecule has 0 aliphatic carbocycles. The van der Waals surface area contributed by atoms with E-state index in [4.69, 9.17) is 14.8 Å². The minimum absolute atomic E-state index is 0.415. The van der Waals surface area contributed by atoms with Crippen LogP contribution in [0.5, 0.6) is 5.75 Å². The number of ether oxygens (including phenoxy) is 1. The van der Waals surface area contributed by atoms with Crippen molar-refractivity contribution < 1.29 is 14.8 Å². The first-order chi connectivity index (χ1) is 9.16. The molecule has 2 rings (SSSR count). The van der Waals surface area contributed by atoms with Gasteiger partial charge in [0.15, 0.2) is 5.16 Å². The molecular weight excluding hydrogens is 265 g/mol. The summed E-state index contributed by atoms with van der Waals surface area (Å²) in [5.74, 6) is 1.35. The number of hydrogen-bond donors (Lipinski definition) is 2. The number of benzene rings is 1. The molecule has 2 N–H and O–H groups in total. The highest BCUT2D eigenvalue weighted by Gasteiger charge is 2.11. The number of aryl methyl sites for hydroxylation is 1. The summed E-state index contributed by atoms with van der Waals surface area (Å²) in [5.41, 5.74) is 0.415. The molecule has 100 valence electrons. The molecule has 0 saturated heterocycles. The third kappa shape index (κ3) is 3.98. The van der Waals surface area contributed by atoms with E-state index in [0.29, 0.717) is 17.8 Å². The number of nitrogens with zero attached hydrogens (tertiary/aromatic N) is 3. The molecule has 0 fully saturated rings. The van der Waals surface area contributed by atoms with E-state index in [0.717, 1.165) is 10.9 Å². The Morgan fingerprint density at radius 2 is 2.26 bits per heavy atom. The Hall–Kier alpha value is -1.51. The molecule has 8 heteroatoms. The molecule has 6 nitrogen and oxygen atoms in total. The van der Waals surface area contributed by atoms with Crippen LogP contribution in [0.4, 0.5) is 0 Å². The van der Waals surface area contributed by atoms with Gasteiger partial charge in [0.05, 0.1) is 6.61 Å². The molecule has 19 heavy (non-hydrogen) atoms. The minimum Gasteiger partial charge on any atom is -0.493 e. The van der Waals surface area contributed by atoms with E-state index in [1.54, 1.807) is 40.7 Å². The normalized spacial score (nSPS) is 10.5. The predicted molar refractivity (Wildman–Crippen MR) is 73.5 cm³/mol. The van der Waals surface area contributed by atoms with Gasteiger partial charge in [-0.05, 0) is 17.6 Å². The Morgan fingerprint density at radius 1 is 1.42 bits per heavy atom. The quantitative estimate of drug-likeness (QED) is 0.428. The molecule has 0 amide bonds. The van der Waals surface area contributed by atoms with Crippen molar-refractivity contribution in [3.05, 3.63) is 30.6 Å². The van der Waals surface area contributed by atoms with E-state index in [9.17, 15) is 0 Å². The van der Waals surface area contributed by atoms with Gasteiger partial charge in [-0.25, -0.2) is 9.67 Å². The molecule has 0 saturated carbocycles. The Labute approximate surface area is 115 Å². The maximum Gasteiger partial charge on any atom is 0.488 e. The van der Waals surface area contributed by atoms with Crippen LogP contribution in [0.1, 0.15) is 0 Å². The van der Waals surface area contributed by atoms with Crippen molar-refractivity contribution in [3.63, 3.8) is 0 Å². The smallest absolute Gasteiger partial charge is 0.488 e. The highest BCUT2D eigenvalue weighted by atomic mass is 32.2. The van der Waals surface area contributed by atoms with E-state index >= 15 is 0 Å². The summed E-state index contributed by atoms with van der Waals surface area (Å²) >= 11 is 1.55. The van der Waals surface area contributed by atoms with Crippen LogP contribution >= 0.6 is 11.8 Å². The van der Waals surface area contributed by atoms with Crippen LogP contribution in [0.15, 0.2) is 35.7 Å². The lowest BCUT2D eigenvalue weighted by Crippen LogP contribution is -2.29. The van der Waals surface area contributed by atoms with E-state index in [-0.39, 0.29) is 0 Å². The van der Waals surface area contributed by atoms with Gasteiger partial charge in [0.25, 0.3) is 0 Å². The molecular formula is C11H14BN3O3S. The maximum absolute atomic E-state index is 9.05. The van der Waals surface area contributed by atoms with Crippen molar-refractivity contribution in [2.45, 2.75) is 5.16 Å². The molecule has 1 aromatic carbocycles. The zero-order chi connectivity index (χ0) is 13.7. The zero-order valence-corrected chi connectivity index (χ0v) is 11.2. The van der Waals surface area contributed by atoms with Crippen LogP contribution in [-0.2, 0) is 7.05 Å². The summed E-state index contributed by atoms with van der Waals surface area (Å²) in [4.78, 5) is 4.09.